The first-order chi connectivity index (χ1) is 5.64. The van der Waals surface area contributed by atoms with Crippen molar-refractivity contribution in [3.8, 4) is 0 Å². The van der Waals surface area contributed by atoms with E-state index >= 15 is 0 Å². The van der Waals surface area contributed by atoms with Gasteiger partial charge in [0.2, 0.25) is 0 Å². The van der Waals surface area contributed by atoms with Crippen molar-refractivity contribution >= 4 is 5.97 Å². The second kappa shape index (κ2) is 2.48. The molecule has 0 aromatic carbocycles. The standard InChI is InChI=1S/C10H16O2/c1-10(6-8(10)9(11)12)7-4-2-3-5-7/h7-8H,2-6H2,1H3,(H,11,12). The molecule has 0 aliphatic heterocycles. The molecule has 12 heavy (non-hydrogen) atoms. The summed E-state index contributed by atoms with van der Waals surface area (Å²) < 4.78 is 0. The van der Waals surface area contributed by atoms with Gasteiger partial charge in [0.25, 0.3) is 0 Å². The zero-order chi connectivity index (χ0) is 8.77. The van der Waals surface area contributed by atoms with E-state index in [9.17, 15) is 4.79 Å². The molecular weight excluding hydrogens is 152 g/mol. The highest BCUT2D eigenvalue weighted by Gasteiger charge is 2.59. The molecule has 2 nitrogen and oxygen atoms in total. The molecule has 0 aromatic heterocycles. The third kappa shape index (κ3) is 1.05. The van der Waals surface area contributed by atoms with Crippen LogP contribution in [0.15, 0.2) is 0 Å². The second-order valence-corrected chi connectivity index (χ2v) is 4.58. The zero-order valence-corrected chi connectivity index (χ0v) is 7.55. The van der Waals surface area contributed by atoms with Gasteiger partial charge in [-0.15, -0.1) is 0 Å². The van der Waals surface area contributed by atoms with E-state index in [4.69, 9.17) is 5.11 Å². The van der Waals surface area contributed by atoms with E-state index < -0.39 is 5.97 Å². The molecule has 68 valence electrons. The van der Waals surface area contributed by atoms with Crippen LogP contribution in [0.5, 0.6) is 0 Å². The number of hydrogen-bond donors (Lipinski definition) is 1. The molecule has 0 bridgehead atoms. The molecule has 2 aliphatic carbocycles. The number of hydrogen-bond acceptors (Lipinski definition) is 1. The molecule has 2 aliphatic rings. The van der Waals surface area contributed by atoms with Gasteiger partial charge in [0.1, 0.15) is 0 Å². The fraction of sp³-hybridized carbons (Fsp3) is 0.900. The third-order valence-electron chi connectivity index (χ3n) is 3.87. The van der Waals surface area contributed by atoms with Gasteiger partial charge in [-0.2, -0.15) is 0 Å². The van der Waals surface area contributed by atoms with Crippen LogP contribution in [0.25, 0.3) is 0 Å². The van der Waals surface area contributed by atoms with Crippen LogP contribution in [0, 0.1) is 17.3 Å². The molecular formula is C10H16O2. The summed E-state index contributed by atoms with van der Waals surface area (Å²) in [6, 6.07) is 0. The largest absolute Gasteiger partial charge is 0.481 e. The first-order valence-electron chi connectivity index (χ1n) is 4.87. The lowest BCUT2D eigenvalue weighted by molar-refractivity contribution is -0.139. The summed E-state index contributed by atoms with van der Waals surface area (Å²) in [6.07, 6.45) is 6.08. The van der Waals surface area contributed by atoms with Crippen molar-refractivity contribution in [1.29, 1.82) is 0 Å². The molecule has 2 unspecified atom stereocenters. The molecule has 0 saturated heterocycles. The molecule has 2 fully saturated rings. The average molecular weight is 168 g/mol. The highest BCUT2D eigenvalue weighted by atomic mass is 16.4. The van der Waals surface area contributed by atoms with Crippen LogP contribution < -0.4 is 0 Å². The van der Waals surface area contributed by atoms with Gasteiger partial charge in [0.15, 0.2) is 0 Å². The Morgan fingerprint density at radius 3 is 2.42 bits per heavy atom. The van der Waals surface area contributed by atoms with Gasteiger partial charge in [-0.25, -0.2) is 0 Å². The lowest BCUT2D eigenvalue weighted by atomic mass is 9.87. The second-order valence-electron chi connectivity index (χ2n) is 4.58. The Balaban J connectivity index is 2.00. The van der Waals surface area contributed by atoms with E-state index in [0.29, 0.717) is 5.92 Å². The van der Waals surface area contributed by atoms with Crippen molar-refractivity contribution in [2.45, 2.75) is 39.0 Å². The van der Waals surface area contributed by atoms with E-state index in [2.05, 4.69) is 6.92 Å². The van der Waals surface area contributed by atoms with Crippen molar-refractivity contribution < 1.29 is 9.90 Å². The molecule has 0 spiro atoms. The van der Waals surface area contributed by atoms with Crippen LogP contribution in [0.1, 0.15) is 39.0 Å². The maximum atomic E-state index is 10.7. The first kappa shape index (κ1) is 8.09. The van der Waals surface area contributed by atoms with Crippen molar-refractivity contribution in [2.75, 3.05) is 0 Å². The number of aliphatic carboxylic acids is 1. The number of carboxylic acids is 1. The summed E-state index contributed by atoms with van der Waals surface area (Å²) in [7, 11) is 0. The average Bonchev–Trinajstić information content (AvgIpc) is 2.52. The fourth-order valence-electron chi connectivity index (χ4n) is 2.79. The SMILES string of the molecule is CC1(C2CCCC2)CC1C(=O)O. The molecule has 2 rings (SSSR count). The monoisotopic (exact) mass is 168 g/mol. The Morgan fingerprint density at radius 2 is 2.00 bits per heavy atom. The zero-order valence-electron chi connectivity index (χ0n) is 7.55. The Labute approximate surface area is 73.0 Å². The molecule has 2 saturated carbocycles. The molecule has 2 heteroatoms. The van der Waals surface area contributed by atoms with Crippen LogP contribution in [0.3, 0.4) is 0 Å². The van der Waals surface area contributed by atoms with Gasteiger partial charge in [0.05, 0.1) is 5.92 Å². The minimum atomic E-state index is -0.579. The summed E-state index contributed by atoms with van der Waals surface area (Å²) in [6.45, 7) is 2.15. The molecule has 0 radical (unpaired) electrons. The summed E-state index contributed by atoms with van der Waals surface area (Å²) in [5.41, 5.74) is 0.169. The van der Waals surface area contributed by atoms with E-state index in [0.717, 1.165) is 6.42 Å². The minimum Gasteiger partial charge on any atom is -0.481 e. The molecule has 0 aromatic rings. The fourth-order valence-corrected chi connectivity index (χ4v) is 2.79. The van der Waals surface area contributed by atoms with Gasteiger partial charge in [0, 0.05) is 0 Å². The highest BCUT2D eigenvalue weighted by Crippen LogP contribution is 2.61. The van der Waals surface area contributed by atoms with Crippen LogP contribution in [0.2, 0.25) is 0 Å². The van der Waals surface area contributed by atoms with Gasteiger partial charge in [-0.3, -0.25) is 4.79 Å². The number of rotatable bonds is 2. The Kier molecular flexibility index (Phi) is 1.67. The molecule has 0 amide bonds. The maximum Gasteiger partial charge on any atom is 0.307 e. The van der Waals surface area contributed by atoms with Gasteiger partial charge in [-0.05, 0) is 30.6 Å². The quantitative estimate of drug-likeness (QED) is 0.686. The predicted octanol–water partition coefficient (Wildman–Crippen LogP) is 2.29. The Morgan fingerprint density at radius 1 is 1.42 bits per heavy atom. The Hall–Kier alpha value is -0.530. The predicted molar refractivity (Wildman–Crippen MR) is 45.8 cm³/mol. The summed E-state index contributed by atoms with van der Waals surface area (Å²) in [4.78, 5) is 10.7. The topological polar surface area (TPSA) is 37.3 Å². The van der Waals surface area contributed by atoms with E-state index in [-0.39, 0.29) is 11.3 Å². The first-order valence-corrected chi connectivity index (χ1v) is 4.87. The molecule has 0 heterocycles. The van der Waals surface area contributed by atoms with Crippen molar-refractivity contribution in [3.05, 3.63) is 0 Å². The van der Waals surface area contributed by atoms with Gasteiger partial charge in [-0.1, -0.05) is 19.8 Å². The summed E-state index contributed by atoms with van der Waals surface area (Å²) in [5, 5.41) is 8.85. The van der Waals surface area contributed by atoms with Crippen molar-refractivity contribution in [2.24, 2.45) is 17.3 Å². The van der Waals surface area contributed by atoms with Gasteiger partial charge >= 0.3 is 5.97 Å². The van der Waals surface area contributed by atoms with Crippen LogP contribution >= 0.6 is 0 Å². The highest BCUT2D eigenvalue weighted by molar-refractivity contribution is 5.74. The number of carboxylic acid groups (broad SMARTS) is 1. The smallest absolute Gasteiger partial charge is 0.307 e. The Bertz CT molecular complexity index is 206. The normalized spacial score (nSPS) is 41.6. The van der Waals surface area contributed by atoms with E-state index in [1.54, 1.807) is 0 Å². The number of carbonyl (C=O) groups is 1. The summed E-state index contributed by atoms with van der Waals surface area (Å²) in [5.74, 6) is 0.101. The maximum absolute atomic E-state index is 10.7. The van der Waals surface area contributed by atoms with Gasteiger partial charge < -0.3 is 5.11 Å². The van der Waals surface area contributed by atoms with Crippen LogP contribution in [0.4, 0.5) is 0 Å². The van der Waals surface area contributed by atoms with Crippen molar-refractivity contribution in [3.63, 3.8) is 0 Å². The minimum absolute atomic E-state index is 0.0272. The van der Waals surface area contributed by atoms with Crippen LogP contribution in [-0.4, -0.2) is 11.1 Å². The lowest BCUT2D eigenvalue weighted by Gasteiger charge is -2.17. The van der Waals surface area contributed by atoms with E-state index in [1.807, 2.05) is 0 Å². The van der Waals surface area contributed by atoms with Crippen molar-refractivity contribution in [1.82, 2.24) is 0 Å². The molecule has 1 N–H and O–H groups in total. The van der Waals surface area contributed by atoms with E-state index in [1.165, 1.54) is 25.7 Å². The van der Waals surface area contributed by atoms with Crippen LogP contribution in [-0.2, 0) is 4.79 Å². The lowest BCUT2D eigenvalue weighted by Crippen LogP contribution is -2.15. The summed E-state index contributed by atoms with van der Waals surface area (Å²) >= 11 is 0. The molecule has 2 atom stereocenters. The third-order valence-corrected chi connectivity index (χ3v) is 3.87.